The molecule has 2 unspecified atom stereocenters. The molecule has 1 saturated heterocycles. The second kappa shape index (κ2) is 5.79. The van der Waals surface area contributed by atoms with E-state index in [1.807, 2.05) is 0 Å². The Morgan fingerprint density at radius 2 is 2.08 bits per heavy atom. The predicted octanol–water partition coefficient (Wildman–Crippen LogP) is 1.55. The van der Waals surface area contributed by atoms with Crippen molar-refractivity contribution < 1.29 is 23.2 Å². The van der Waals surface area contributed by atoms with Crippen LogP contribution in [0.1, 0.15) is 29.8 Å². The topological polar surface area (TPSA) is 103 Å². The van der Waals surface area contributed by atoms with Gasteiger partial charge >= 0.3 is 6.03 Å². The Hall–Kier alpha value is -2.97. The minimum absolute atomic E-state index is 0.0939. The summed E-state index contributed by atoms with van der Waals surface area (Å²) in [5.74, 6) is -2.60. The van der Waals surface area contributed by atoms with E-state index in [1.165, 1.54) is 6.07 Å². The predicted molar refractivity (Wildman–Crippen MR) is 87.3 cm³/mol. The molecule has 0 bridgehead atoms. The number of H-pyrrole nitrogens is 1. The minimum atomic E-state index is -0.986. The molecule has 1 saturated carbocycles. The molecule has 1 spiro atoms. The smallest absolute Gasteiger partial charge is 0.322 e. The van der Waals surface area contributed by atoms with Crippen LogP contribution >= 0.6 is 0 Å². The zero-order valence-corrected chi connectivity index (χ0v) is 13.6. The highest BCUT2D eigenvalue weighted by atomic mass is 19.1. The monoisotopic (exact) mass is 362 g/mol. The summed E-state index contributed by atoms with van der Waals surface area (Å²) in [7, 11) is 0. The summed E-state index contributed by atoms with van der Waals surface area (Å²) in [5.41, 5.74) is -0.705. The molecular formula is C17H16F2N4O3. The maximum atomic E-state index is 13.8. The van der Waals surface area contributed by atoms with Crippen LogP contribution in [0.3, 0.4) is 0 Å². The van der Waals surface area contributed by atoms with Crippen LogP contribution in [0, 0.1) is 17.6 Å². The molecule has 4 N–H and O–H groups in total. The Labute approximate surface area is 146 Å². The lowest BCUT2D eigenvalue weighted by Gasteiger charge is -2.28. The molecule has 2 aliphatic rings. The third-order valence-electron chi connectivity index (χ3n) is 5.20. The van der Waals surface area contributed by atoms with Crippen LogP contribution < -0.4 is 16.0 Å². The molecule has 1 aromatic heterocycles. The van der Waals surface area contributed by atoms with Gasteiger partial charge in [-0.15, -0.1) is 0 Å². The Balaban J connectivity index is 1.50. The third-order valence-corrected chi connectivity index (χ3v) is 5.20. The second-order valence-electron chi connectivity index (χ2n) is 6.71. The molecule has 2 fully saturated rings. The zero-order valence-electron chi connectivity index (χ0n) is 13.6. The number of carbonyl (C=O) groups excluding carboxylic acids is 3. The highest BCUT2D eigenvalue weighted by molar-refractivity contribution is 6.07. The van der Waals surface area contributed by atoms with E-state index in [2.05, 4.69) is 20.9 Å². The SMILES string of the molecule is O=C1NC(=O)C2(CCCC2CNC(=O)c2cc3c(F)cc(F)cc3[nH]2)N1. The fourth-order valence-electron chi connectivity index (χ4n) is 3.92. The maximum absolute atomic E-state index is 13.8. The Morgan fingerprint density at radius 1 is 1.27 bits per heavy atom. The van der Waals surface area contributed by atoms with E-state index in [9.17, 15) is 23.2 Å². The minimum Gasteiger partial charge on any atom is -0.350 e. The van der Waals surface area contributed by atoms with Gasteiger partial charge in [0.05, 0.1) is 5.52 Å². The fourth-order valence-corrected chi connectivity index (χ4v) is 3.92. The molecule has 9 heteroatoms. The average molecular weight is 362 g/mol. The number of hydrogen-bond donors (Lipinski definition) is 4. The molecule has 1 aromatic carbocycles. The number of carbonyl (C=O) groups is 3. The second-order valence-corrected chi connectivity index (χ2v) is 6.71. The van der Waals surface area contributed by atoms with E-state index in [4.69, 9.17) is 0 Å². The molecule has 4 rings (SSSR count). The first-order chi connectivity index (χ1) is 12.4. The summed E-state index contributed by atoms with van der Waals surface area (Å²) in [6, 6.07) is 2.65. The third kappa shape index (κ3) is 2.51. The standard InChI is InChI=1S/C17H16F2N4O3/c18-9-4-11(19)10-6-13(21-12(10)5-9)14(24)20-7-8-2-1-3-17(8)15(25)22-16(26)23-17/h4-6,8,21H,1-3,7H2,(H,20,24)(H2,22,23,25,26). The van der Waals surface area contributed by atoms with Crippen LogP contribution in [-0.4, -0.2) is 34.9 Å². The highest BCUT2D eigenvalue weighted by Crippen LogP contribution is 2.37. The zero-order chi connectivity index (χ0) is 18.5. The van der Waals surface area contributed by atoms with Crippen molar-refractivity contribution in [3.05, 3.63) is 35.5 Å². The van der Waals surface area contributed by atoms with Gasteiger partial charge in [-0.25, -0.2) is 13.6 Å². The maximum Gasteiger partial charge on any atom is 0.322 e. The lowest BCUT2D eigenvalue weighted by atomic mass is 9.87. The van der Waals surface area contributed by atoms with Crippen LogP contribution in [0.25, 0.3) is 10.9 Å². The molecule has 4 amide bonds. The van der Waals surface area contributed by atoms with Gasteiger partial charge in [-0.2, -0.15) is 0 Å². The van der Waals surface area contributed by atoms with Crippen molar-refractivity contribution in [3.8, 4) is 0 Å². The summed E-state index contributed by atoms with van der Waals surface area (Å²) in [6.07, 6.45) is 1.95. The van der Waals surface area contributed by atoms with E-state index in [1.54, 1.807) is 0 Å². The van der Waals surface area contributed by atoms with Gasteiger partial charge in [0.2, 0.25) is 0 Å². The fraction of sp³-hybridized carbons (Fsp3) is 0.353. The van der Waals surface area contributed by atoms with Gasteiger partial charge in [-0.05, 0) is 25.0 Å². The van der Waals surface area contributed by atoms with Crippen LogP contribution in [0.5, 0.6) is 0 Å². The largest absolute Gasteiger partial charge is 0.350 e. The highest BCUT2D eigenvalue weighted by Gasteiger charge is 2.54. The molecular weight excluding hydrogens is 346 g/mol. The van der Waals surface area contributed by atoms with Crippen molar-refractivity contribution in [1.29, 1.82) is 0 Å². The quantitative estimate of drug-likeness (QED) is 0.623. The number of aromatic amines is 1. The number of benzene rings is 1. The van der Waals surface area contributed by atoms with Gasteiger partial charge in [0.15, 0.2) is 0 Å². The first-order valence-electron chi connectivity index (χ1n) is 8.28. The number of rotatable bonds is 3. The average Bonchev–Trinajstić information content (AvgIpc) is 3.24. The number of nitrogens with one attached hydrogen (secondary N) is 4. The summed E-state index contributed by atoms with van der Waals surface area (Å²) in [5, 5.41) is 7.75. The van der Waals surface area contributed by atoms with Crippen LogP contribution in [0.15, 0.2) is 18.2 Å². The van der Waals surface area contributed by atoms with Gasteiger partial charge < -0.3 is 15.6 Å². The molecule has 1 aliphatic carbocycles. The first-order valence-corrected chi connectivity index (χ1v) is 8.28. The van der Waals surface area contributed by atoms with Gasteiger partial charge in [0.1, 0.15) is 22.9 Å². The summed E-state index contributed by atoms with van der Waals surface area (Å²) < 4.78 is 27.0. The summed E-state index contributed by atoms with van der Waals surface area (Å²) >= 11 is 0. The first kappa shape index (κ1) is 16.5. The number of amides is 4. The van der Waals surface area contributed by atoms with Crippen molar-refractivity contribution >= 4 is 28.7 Å². The van der Waals surface area contributed by atoms with Crippen molar-refractivity contribution in [2.24, 2.45) is 5.92 Å². The molecule has 136 valence electrons. The number of imide groups is 1. The van der Waals surface area contributed by atoms with E-state index < -0.39 is 29.1 Å². The number of halogens is 2. The lowest BCUT2D eigenvalue weighted by molar-refractivity contribution is -0.125. The van der Waals surface area contributed by atoms with Crippen molar-refractivity contribution in [3.63, 3.8) is 0 Å². The summed E-state index contributed by atoms with van der Waals surface area (Å²) in [6.45, 7) is 0.179. The molecule has 0 radical (unpaired) electrons. The van der Waals surface area contributed by atoms with Gasteiger partial charge in [-0.1, -0.05) is 6.42 Å². The van der Waals surface area contributed by atoms with Crippen molar-refractivity contribution in [2.45, 2.75) is 24.8 Å². The Kier molecular flexibility index (Phi) is 3.67. The number of hydrogen-bond acceptors (Lipinski definition) is 3. The Bertz CT molecular complexity index is 941. The number of aromatic nitrogens is 1. The van der Waals surface area contributed by atoms with Crippen molar-refractivity contribution in [1.82, 2.24) is 20.9 Å². The van der Waals surface area contributed by atoms with Crippen LogP contribution in [0.4, 0.5) is 13.6 Å². The van der Waals surface area contributed by atoms with Crippen LogP contribution in [-0.2, 0) is 4.79 Å². The Morgan fingerprint density at radius 3 is 2.81 bits per heavy atom. The lowest BCUT2D eigenvalue weighted by Crippen LogP contribution is -2.53. The van der Waals surface area contributed by atoms with E-state index in [-0.39, 0.29) is 35.0 Å². The van der Waals surface area contributed by atoms with Gasteiger partial charge in [-0.3, -0.25) is 14.9 Å². The molecule has 7 nitrogen and oxygen atoms in total. The molecule has 2 aromatic rings. The van der Waals surface area contributed by atoms with Crippen molar-refractivity contribution in [2.75, 3.05) is 6.54 Å². The molecule has 26 heavy (non-hydrogen) atoms. The summed E-state index contributed by atoms with van der Waals surface area (Å²) in [4.78, 5) is 38.7. The number of fused-ring (bicyclic) bond motifs is 1. The van der Waals surface area contributed by atoms with E-state index in [0.717, 1.165) is 18.6 Å². The van der Waals surface area contributed by atoms with E-state index in [0.29, 0.717) is 12.8 Å². The van der Waals surface area contributed by atoms with E-state index >= 15 is 0 Å². The molecule has 2 heterocycles. The normalized spacial score (nSPS) is 24.9. The van der Waals surface area contributed by atoms with Gasteiger partial charge in [0.25, 0.3) is 11.8 Å². The van der Waals surface area contributed by atoms with Crippen LogP contribution in [0.2, 0.25) is 0 Å². The molecule has 2 atom stereocenters. The number of urea groups is 1. The molecule has 1 aliphatic heterocycles. The van der Waals surface area contributed by atoms with Gasteiger partial charge in [0, 0.05) is 23.9 Å².